The van der Waals surface area contributed by atoms with Crippen molar-refractivity contribution in [3.63, 3.8) is 0 Å². The van der Waals surface area contributed by atoms with Crippen LogP contribution in [0.25, 0.3) is 0 Å². The van der Waals surface area contributed by atoms with Crippen LogP contribution in [0.5, 0.6) is 0 Å². The van der Waals surface area contributed by atoms with E-state index in [1.165, 1.54) is 0 Å². The minimum Gasteiger partial charge on any atom is -0.350 e. The molecule has 0 aliphatic carbocycles. The monoisotopic (exact) mass is 220 g/mol. The summed E-state index contributed by atoms with van der Waals surface area (Å²) >= 11 is 0. The van der Waals surface area contributed by atoms with Crippen molar-refractivity contribution < 1.29 is 4.79 Å². The molecule has 88 valence electrons. The summed E-state index contributed by atoms with van der Waals surface area (Å²) in [5, 5.41) is 2.84. The zero-order valence-electron chi connectivity index (χ0n) is 10.2. The number of nitrogens with one attached hydrogen (secondary N) is 1. The van der Waals surface area contributed by atoms with Crippen molar-refractivity contribution in [3.05, 3.63) is 35.4 Å². The summed E-state index contributed by atoms with van der Waals surface area (Å²) in [6.45, 7) is 6.60. The molecule has 0 heterocycles. The molecule has 0 radical (unpaired) electrons. The second kappa shape index (κ2) is 5.66. The largest absolute Gasteiger partial charge is 0.350 e. The van der Waals surface area contributed by atoms with Gasteiger partial charge in [0.1, 0.15) is 0 Å². The molecule has 1 amide bonds. The Kier molecular flexibility index (Phi) is 4.50. The maximum absolute atomic E-state index is 11.7. The third kappa shape index (κ3) is 3.66. The lowest BCUT2D eigenvalue weighted by molar-refractivity contribution is 0.0949. The number of hydrogen-bond donors (Lipinski definition) is 2. The van der Waals surface area contributed by atoms with E-state index in [4.69, 9.17) is 5.73 Å². The summed E-state index contributed by atoms with van der Waals surface area (Å²) in [5.41, 5.74) is 7.68. The van der Waals surface area contributed by atoms with Crippen LogP contribution < -0.4 is 11.1 Å². The molecule has 1 aromatic carbocycles. The summed E-state index contributed by atoms with van der Waals surface area (Å²) in [4.78, 5) is 11.7. The summed E-state index contributed by atoms with van der Waals surface area (Å²) in [6, 6.07) is 7.51. The molecule has 0 aliphatic heterocycles. The fourth-order valence-corrected chi connectivity index (χ4v) is 1.25. The molecule has 16 heavy (non-hydrogen) atoms. The molecule has 1 aromatic rings. The smallest absolute Gasteiger partial charge is 0.251 e. The van der Waals surface area contributed by atoms with Crippen molar-refractivity contribution in [3.8, 4) is 0 Å². The second-order valence-corrected chi connectivity index (χ2v) is 4.48. The molecule has 0 fully saturated rings. The van der Waals surface area contributed by atoms with Gasteiger partial charge in [-0.05, 0) is 25.0 Å². The van der Waals surface area contributed by atoms with Crippen molar-refractivity contribution in [1.82, 2.24) is 5.32 Å². The molecule has 3 nitrogen and oxygen atoms in total. The first-order chi connectivity index (χ1) is 7.50. The highest BCUT2D eigenvalue weighted by Gasteiger charge is 2.10. The zero-order chi connectivity index (χ0) is 12.1. The van der Waals surface area contributed by atoms with Crippen molar-refractivity contribution in [1.29, 1.82) is 0 Å². The molecular formula is C13H20N2O. The first-order valence-electron chi connectivity index (χ1n) is 5.61. The molecule has 0 aromatic heterocycles. The lowest BCUT2D eigenvalue weighted by Crippen LogP contribution is -2.40. The third-order valence-corrected chi connectivity index (χ3v) is 2.67. The molecular weight excluding hydrogens is 200 g/mol. The lowest BCUT2D eigenvalue weighted by atomic mass is 10.1. The zero-order valence-corrected chi connectivity index (χ0v) is 10.2. The van der Waals surface area contributed by atoms with Crippen LogP contribution in [0.3, 0.4) is 0 Å². The topological polar surface area (TPSA) is 55.1 Å². The van der Waals surface area contributed by atoms with Crippen LogP contribution in [0.1, 0.15) is 29.8 Å². The Morgan fingerprint density at radius 1 is 1.31 bits per heavy atom. The van der Waals surface area contributed by atoms with Crippen LogP contribution in [-0.4, -0.2) is 18.5 Å². The van der Waals surface area contributed by atoms with Crippen LogP contribution in [0.15, 0.2) is 24.3 Å². The number of hydrogen-bond acceptors (Lipinski definition) is 2. The van der Waals surface area contributed by atoms with Crippen molar-refractivity contribution in [2.45, 2.75) is 26.8 Å². The summed E-state index contributed by atoms with van der Waals surface area (Å²) in [5.74, 6) is 0.314. The quantitative estimate of drug-likeness (QED) is 0.811. The molecule has 0 bridgehead atoms. The molecule has 0 spiro atoms. The Bertz CT molecular complexity index is 343. The number of rotatable bonds is 4. The third-order valence-electron chi connectivity index (χ3n) is 2.67. The SMILES string of the molecule is Cc1ccc(C(=O)NC[C@@H](N)C(C)C)cc1. The molecule has 0 unspecified atom stereocenters. The van der Waals surface area contributed by atoms with Gasteiger partial charge in [0.25, 0.3) is 5.91 Å². The van der Waals surface area contributed by atoms with Gasteiger partial charge >= 0.3 is 0 Å². The van der Waals surface area contributed by atoms with Crippen LogP contribution in [0.2, 0.25) is 0 Å². The van der Waals surface area contributed by atoms with Gasteiger partial charge < -0.3 is 11.1 Å². The highest BCUT2D eigenvalue weighted by molar-refractivity contribution is 5.94. The molecule has 1 rings (SSSR count). The van der Waals surface area contributed by atoms with Gasteiger partial charge in [-0.15, -0.1) is 0 Å². The number of nitrogens with two attached hydrogens (primary N) is 1. The van der Waals surface area contributed by atoms with Crippen molar-refractivity contribution in [2.24, 2.45) is 11.7 Å². The number of aryl methyl sites for hydroxylation is 1. The highest BCUT2D eigenvalue weighted by Crippen LogP contribution is 2.03. The van der Waals surface area contributed by atoms with E-state index in [0.717, 1.165) is 5.56 Å². The predicted octanol–water partition coefficient (Wildman–Crippen LogP) is 1.71. The average Bonchev–Trinajstić information content (AvgIpc) is 2.26. The number of carbonyl (C=O) groups is 1. The van der Waals surface area contributed by atoms with Gasteiger partial charge in [0.05, 0.1) is 0 Å². The minimum absolute atomic E-state index is 0.00870. The van der Waals surface area contributed by atoms with Gasteiger partial charge in [0.15, 0.2) is 0 Å². The van der Waals surface area contributed by atoms with E-state index in [2.05, 4.69) is 5.32 Å². The van der Waals surface area contributed by atoms with Gasteiger partial charge in [-0.25, -0.2) is 0 Å². The first-order valence-corrected chi connectivity index (χ1v) is 5.61. The Labute approximate surface area is 97.0 Å². The fourth-order valence-electron chi connectivity index (χ4n) is 1.25. The first kappa shape index (κ1) is 12.7. The molecule has 3 heteroatoms. The van der Waals surface area contributed by atoms with Crippen molar-refractivity contribution >= 4 is 5.91 Å². The Morgan fingerprint density at radius 3 is 2.38 bits per heavy atom. The number of carbonyl (C=O) groups excluding carboxylic acids is 1. The number of amides is 1. The van der Waals surface area contributed by atoms with Gasteiger partial charge in [0.2, 0.25) is 0 Å². The average molecular weight is 220 g/mol. The Morgan fingerprint density at radius 2 is 1.88 bits per heavy atom. The van der Waals surface area contributed by atoms with Gasteiger partial charge in [-0.1, -0.05) is 31.5 Å². The second-order valence-electron chi connectivity index (χ2n) is 4.48. The fraction of sp³-hybridized carbons (Fsp3) is 0.462. The van der Waals surface area contributed by atoms with E-state index in [-0.39, 0.29) is 11.9 Å². The van der Waals surface area contributed by atoms with Gasteiger partial charge in [-0.2, -0.15) is 0 Å². The summed E-state index contributed by atoms with van der Waals surface area (Å²) in [7, 11) is 0. The molecule has 0 saturated heterocycles. The van der Waals surface area contributed by atoms with Gasteiger partial charge in [-0.3, -0.25) is 4.79 Å². The maximum atomic E-state index is 11.7. The molecule has 0 aliphatic rings. The van der Waals surface area contributed by atoms with E-state index in [1.54, 1.807) is 0 Å². The minimum atomic E-state index is -0.0592. The molecule has 0 saturated carbocycles. The van der Waals surface area contributed by atoms with Crippen LogP contribution >= 0.6 is 0 Å². The van der Waals surface area contributed by atoms with Crippen LogP contribution in [-0.2, 0) is 0 Å². The van der Waals surface area contributed by atoms with E-state index < -0.39 is 0 Å². The molecule has 1 atom stereocenters. The van der Waals surface area contributed by atoms with E-state index >= 15 is 0 Å². The summed E-state index contributed by atoms with van der Waals surface area (Å²) < 4.78 is 0. The van der Waals surface area contributed by atoms with Crippen molar-refractivity contribution in [2.75, 3.05) is 6.54 Å². The Hall–Kier alpha value is -1.35. The van der Waals surface area contributed by atoms with Crippen LogP contribution in [0.4, 0.5) is 0 Å². The van der Waals surface area contributed by atoms with Crippen LogP contribution in [0, 0.1) is 12.8 Å². The number of benzene rings is 1. The van der Waals surface area contributed by atoms with E-state index in [9.17, 15) is 4.79 Å². The van der Waals surface area contributed by atoms with E-state index in [1.807, 2.05) is 45.0 Å². The highest BCUT2D eigenvalue weighted by atomic mass is 16.1. The Balaban J connectivity index is 2.50. The van der Waals surface area contributed by atoms with Gasteiger partial charge in [0, 0.05) is 18.2 Å². The predicted molar refractivity (Wildman–Crippen MR) is 66.3 cm³/mol. The standard InChI is InChI=1S/C13H20N2O/c1-9(2)12(14)8-15-13(16)11-6-4-10(3)5-7-11/h4-7,9,12H,8,14H2,1-3H3,(H,15,16)/t12-/m1/s1. The van der Waals surface area contributed by atoms with E-state index in [0.29, 0.717) is 18.0 Å². The normalized spacial score (nSPS) is 12.6. The summed E-state index contributed by atoms with van der Waals surface area (Å²) in [6.07, 6.45) is 0. The lowest BCUT2D eigenvalue weighted by Gasteiger charge is -2.16. The molecule has 3 N–H and O–H groups in total. The maximum Gasteiger partial charge on any atom is 0.251 e.